The number of benzene rings is 1. The number of hydrogen-bond donors (Lipinski definition) is 3. The van der Waals surface area contributed by atoms with Gasteiger partial charge in [-0.05, 0) is 53.0 Å². The average molecular weight is 490 g/mol. The van der Waals surface area contributed by atoms with Gasteiger partial charge in [-0.15, -0.1) is 10.2 Å². The first kappa shape index (κ1) is 30.3. The molecule has 0 aliphatic heterocycles. The van der Waals surface area contributed by atoms with Crippen LogP contribution in [0.1, 0.15) is 84.8 Å². The Morgan fingerprint density at radius 1 is 0.914 bits per heavy atom. The summed E-state index contributed by atoms with van der Waals surface area (Å²) in [4.78, 5) is 23.8. The van der Waals surface area contributed by atoms with Crippen LogP contribution in [0.4, 0.5) is 0 Å². The molecule has 0 bridgehead atoms. The Balaban J connectivity index is 2.37. The Hall–Kier alpha value is -2.78. The summed E-state index contributed by atoms with van der Waals surface area (Å²) in [6.07, 6.45) is 2.64. The summed E-state index contributed by atoms with van der Waals surface area (Å²) >= 11 is 0. The van der Waals surface area contributed by atoms with E-state index < -0.39 is 5.60 Å². The predicted molar refractivity (Wildman–Crippen MR) is 140 cm³/mol. The van der Waals surface area contributed by atoms with Gasteiger partial charge in [0.05, 0.1) is 24.4 Å². The van der Waals surface area contributed by atoms with E-state index in [4.69, 9.17) is 20.9 Å². The van der Waals surface area contributed by atoms with Crippen molar-refractivity contribution >= 4 is 23.4 Å². The number of amides is 1. The number of nitrogens with zero attached hydrogens (tertiary/aromatic N) is 2. The molecule has 0 saturated heterocycles. The van der Waals surface area contributed by atoms with Crippen molar-refractivity contribution in [1.82, 2.24) is 5.32 Å². The maximum absolute atomic E-state index is 12.3. The number of amidine groups is 2. The number of nitrogens with two attached hydrogens (primary N) is 2. The molecule has 0 heterocycles. The van der Waals surface area contributed by atoms with Gasteiger partial charge >= 0.3 is 0 Å². The van der Waals surface area contributed by atoms with E-state index in [1.54, 1.807) is 6.92 Å². The zero-order valence-corrected chi connectivity index (χ0v) is 22.1. The Morgan fingerprint density at radius 3 is 2.11 bits per heavy atom. The maximum atomic E-state index is 12.3. The van der Waals surface area contributed by atoms with Gasteiger partial charge in [-0.1, -0.05) is 31.2 Å². The molecule has 0 aliphatic carbocycles. The quantitative estimate of drug-likeness (QED) is 0.184. The first-order valence-electron chi connectivity index (χ1n) is 12.1. The number of Topliss-reactive ketones (excluding diaryl/α,β-unsaturated/α-hetero) is 1. The van der Waals surface area contributed by atoms with Crippen LogP contribution in [0.3, 0.4) is 0 Å². The third-order valence-electron chi connectivity index (χ3n) is 5.47. The summed E-state index contributed by atoms with van der Waals surface area (Å²) in [5, 5.41) is 10.5. The highest BCUT2D eigenvalue weighted by molar-refractivity contribution is 5.97. The van der Waals surface area contributed by atoms with Gasteiger partial charge in [0.1, 0.15) is 11.6 Å². The molecule has 0 atom stereocenters. The molecule has 0 radical (unpaired) electrons. The van der Waals surface area contributed by atoms with E-state index in [0.717, 1.165) is 11.1 Å². The second-order valence-corrected chi connectivity index (χ2v) is 9.81. The summed E-state index contributed by atoms with van der Waals surface area (Å²) < 4.78 is 11.9. The summed E-state index contributed by atoms with van der Waals surface area (Å²) in [6, 6.07) is 7.41. The Morgan fingerprint density at radius 2 is 1.51 bits per heavy atom. The van der Waals surface area contributed by atoms with Crippen molar-refractivity contribution < 1.29 is 19.1 Å². The van der Waals surface area contributed by atoms with Crippen LogP contribution in [0, 0.1) is 0 Å². The van der Waals surface area contributed by atoms with Crippen molar-refractivity contribution in [1.29, 1.82) is 0 Å². The second kappa shape index (κ2) is 14.6. The van der Waals surface area contributed by atoms with Gasteiger partial charge in [-0.3, -0.25) is 9.59 Å². The van der Waals surface area contributed by atoms with Gasteiger partial charge in [0, 0.05) is 31.4 Å². The summed E-state index contributed by atoms with van der Waals surface area (Å²) in [7, 11) is 0. The number of hydrogen-bond acceptors (Lipinski definition) is 6. The van der Waals surface area contributed by atoms with Crippen molar-refractivity contribution in [3.63, 3.8) is 0 Å². The van der Waals surface area contributed by atoms with Crippen LogP contribution in [0.15, 0.2) is 34.5 Å². The van der Waals surface area contributed by atoms with E-state index in [2.05, 4.69) is 15.5 Å². The summed E-state index contributed by atoms with van der Waals surface area (Å²) in [5.74, 6) is 0.768. The molecule has 1 aromatic carbocycles. The number of ketones is 1. The fourth-order valence-corrected chi connectivity index (χ4v) is 3.02. The first-order valence-corrected chi connectivity index (χ1v) is 12.1. The van der Waals surface area contributed by atoms with Gasteiger partial charge in [-0.2, -0.15) is 0 Å². The van der Waals surface area contributed by atoms with Gasteiger partial charge < -0.3 is 26.3 Å². The smallest absolute Gasteiger partial charge is 0.220 e. The molecule has 5 N–H and O–H groups in total. The molecule has 0 aromatic heterocycles. The highest BCUT2D eigenvalue weighted by Crippen LogP contribution is 2.21. The molecule has 0 aliphatic rings. The summed E-state index contributed by atoms with van der Waals surface area (Å²) in [6.45, 7) is 12.8. The van der Waals surface area contributed by atoms with Crippen LogP contribution in [0.25, 0.3) is 0 Å². The van der Waals surface area contributed by atoms with Crippen LogP contribution in [-0.4, -0.2) is 47.8 Å². The van der Waals surface area contributed by atoms with Crippen LogP contribution in [-0.2, 0) is 25.6 Å². The Bertz CT molecular complexity index is 872. The molecule has 0 unspecified atom stereocenters. The van der Waals surface area contributed by atoms with Gasteiger partial charge in [-0.25, -0.2) is 0 Å². The second-order valence-electron chi connectivity index (χ2n) is 9.81. The molecule has 9 heteroatoms. The Labute approximate surface area is 209 Å². The van der Waals surface area contributed by atoms with E-state index in [9.17, 15) is 9.59 Å². The Kier molecular flexibility index (Phi) is 12.6. The molecule has 1 rings (SSSR count). The lowest BCUT2D eigenvalue weighted by Gasteiger charge is -2.29. The minimum absolute atomic E-state index is 0.0381. The van der Waals surface area contributed by atoms with Crippen LogP contribution in [0.2, 0.25) is 0 Å². The number of carbonyl (C=O) groups excluding carboxylic acids is 2. The summed E-state index contributed by atoms with van der Waals surface area (Å²) in [5.41, 5.74) is 12.2. The number of carbonyl (C=O) groups is 2. The van der Waals surface area contributed by atoms with Gasteiger partial charge in [0.2, 0.25) is 5.91 Å². The monoisotopic (exact) mass is 489 g/mol. The van der Waals surface area contributed by atoms with Crippen molar-refractivity contribution in [3.05, 3.63) is 35.4 Å². The lowest BCUT2D eigenvalue weighted by molar-refractivity contribution is -0.125. The lowest BCUT2D eigenvalue weighted by atomic mass is 10.0. The van der Waals surface area contributed by atoms with Crippen molar-refractivity contribution in [2.75, 3.05) is 13.2 Å². The number of rotatable bonds is 16. The van der Waals surface area contributed by atoms with E-state index in [1.807, 2.05) is 58.9 Å². The molecule has 1 aromatic rings. The average Bonchev–Trinajstić information content (AvgIpc) is 2.79. The van der Waals surface area contributed by atoms with Crippen molar-refractivity contribution in [2.24, 2.45) is 21.7 Å². The molecule has 196 valence electrons. The SMILES string of the molecule is CCC(=O)CCOC(C)(C)CCOC(C)(C)CCC(=O)NCc1ccc(/C(N)=N/N=C(/C)N)cc1. The van der Waals surface area contributed by atoms with E-state index in [-0.39, 0.29) is 23.1 Å². The minimum Gasteiger partial charge on any atom is -0.386 e. The molecular weight excluding hydrogens is 446 g/mol. The highest BCUT2D eigenvalue weighted by atomic mass is 16.5. The molecule has 0 saturated carbocycles. The number of nitrogens with one attached hydrogen (secondary N) is 1. The van der Waals surface area contributed by atoms with E-state index in [1.165, 1.54) is 0 Å². The topological polar surface area (TPSA) is 141 Å². The first-order chi connectivity index (χ1) is 16.3. The fourth-order valence-electron chi connectivity index (χ4n) is 3.02. The van der Waals surface area contributed by atoms with Gasteiger partial charge in [0.15, 0.2) is 5.84 Å². The maximum Gasteiger partial charge on any atom is 0.220 e. The molecule has 9 nitrogen and oxygen atoms in total. The normalized spacial score (nSPS) is 13.1. The van der Waals surface area contributed by atoms with Gasteiger partial charge in [0.25, 0.3) is 0 Å². The standard InChI is InChI=1S/C26H43N5O4/c1-7-22(32)13-16-34-26(5,6)15-17-35-25(3,4)14-12-23(33)29-18-20-8-10-21(11-9-20)24(28)31-30-19(2)27/h8-11H,7,12-18H2,1-6H3,(H2,27,30)(H2,28,31)(H,29,33). The zero-order chi connectivity index (χ0) is 26.5. The molecule has 35 heavy (non-hydrogen) atoms. The van der Waals surface area contributed by atoms with Crippen molar-refractivity contribution in [2.45, 2.75) is 91.4 Å². The fraction of sp³-hybridized carbons (Fsp3) is 0.615. The lowest BCUT2D eigenvalue weighted by Crippen LogP contribution is -2.32. The van der Waals surface area contributed by atoms with Crippen LogP contribution >= 0.6 is 0 Å². The van der Waals surface area contributed by atoms with E-state index >= 15 is 0 Å². The number of ether oxygens (including phenoxy) is 2. The highest BCUT2D eigenvalue weighted by Gasteiger charge is 2.23. The van der Waals surface area contributed by atoms with Crippen molar-refractivity contribution in [3.8, 4) is 0 Å². The molecule has 1 amide bonds. The largest absolute Gasteiger partial charge is 0.386 e. The van der Waals surface area contributed by atoms with E-state index in [0.29, 0.717) is 57.7 Å². The minimum atomic E-state index is -0.436. The van der Waals surface area contributed by atoms with Crippen LogP contribution < -0.4 is 16.8 Å². The molecule has 0 fully saturated rings. The third-order valence-corrected chi connectivity index (χ3v) is 5.47. The predicted octanol–water partition coefficient (Wildman–Crippen LogP) is 3.43. The van der Waals surface area contributed by atoms with Crippen LogP contribution in [0.5, 0.6) is 0 Å². The molecular formula is C26H43N5O4. The third kappa shape index (κ3) is 13.6. The molecule has 0 spiro atoms. The zero-order valence-electron chi connectivity index (χ0n) is 22.1.